The minimum Gasteiger partial charge on any atom is -0.497 e. The summed E-state index contributed by atoms with van der Waals surface area (Å²) in [7, 11) is 1.61. The second kappa shape index (κ2) is 6.31. The van der Waals surface area contributed by atoms with Crippen molar-refractivity contribution in [3.05, 3.63) is 40.1 Å². The fourth-order valence-corrected chi connectivity index (χ4v) is 4.04. The Balaban J connectivity index is 1.85. The van der Waals surface area contributed by atoms with Crippen LogP contribution in [0.2, 0.25) is 5.02 Å². The molecule has 4 rings (SSSR count). The quantitative estimate of drug-likeness (QED) is 0.800. The van der Waals surface area contributed by atoms with Crippen molar-refractivity contribution in [3.8, 4) is 5.75 Å². The predicted molar refractivity (Wildman–Crippen MR) is 102 cm³/mol. The highest BCUT2D eigenvalue weighted by atomic mass is 35.5. The first-order valence-electron chi connectivity index (χ1n) is 9.20. The third kappa shape index (κ3) is 2.69. The molecule has 1 aromatic rings. The van der Waals surface area contributed by atoms with Gasteiger partial charge in [-0.3, -0.25) is 14.7 Å². The zero-order valence-electron chi connectivity index (χ0n) is 15.6. The lowest BCUT2D eigenvalue weighted by molar-refractivity contribution is -0.126. The summed E-state index contributed by atoms with van der Waals surface area (Å²) in [6.07, 6.45) is 2.90. The van der Waals surface area contributed by atoms with Crippen LogP contribution in [-0.2, 0) is 4.79 Å². The summed E-state index contributed by atoms with van der Waals surface area (Å²) >= 11 is 6.51. The number of amidine groups is 1. The van der Waals surface area contributed by atoms with E-state index in [0.29, 0.717) is 22.5 Å². The Bertz CT molecular complexity index is 826. The van der Waals surface area contributed by atoms with E-state index in [4.69, 9.17) is 21.4 Å². The number of fused-ring (bicyclic) bond motifs is 1. The molecule has 1 aromatic carbocycles. The number of carbonyl (C=O) groups excluding carboxylic acids is 1. The summed E-state index contributed by atoms with van der Waals surface area (Å²) in [6, 6.07) is 5.92. The van der Waals surface area contributed by atoms with Crippen LogP contribution in [0.4, 0.5) is 0 Å². The summed E-state index contributed by atoms with van der Waals surface area (Å²) in [5, 5.41) is 7.36. The molecule has 2 heterocycles. The van der Waals surface area contributed by atoms with Gasteiger partial charge < -0.3 is 4.74 Å². The summed E-state index contributed by atoms with van der Waals surface area (Å²) in [4.78, 5) is 15.3. The lowest BCUT2D eigenvalue weighted by Crippen LogP contribution is -2.48. The minimum absolute atomic E-state index is 0.0671. The van der Waals surface area contributed by atoms with Crippen LogP contribution < -0.4 is 4.74 Å². The number of ether oxygens (including phenoxy) is 1. The Kier molecular flexibility index (Phi) is 4.22. The zero-order chi connectivity index (χ0) is 18.6. The van der Waals surface area contributed by atoms with Crippen molar-refractivity contribution in [1.82, 2.24) is 9.91 Å². The van der Waals surface area contributed by atoms with Crippen molar-refractivity contribution in [3.63, 3.8) is 0 Å². The lowest BCUT2D eigenvalue weighted by Gasteiger charge is -2.35. The first kappa shape index (κ1) is 17.4. The molecule has 5 nitrogen and oxygen atoms in total. The van der Waals surface area contributed by atoms with Gasteiger partial charge in [0.05, 0.1) is 18.2 Å². The molecule has 2 aliphatic heterocycles. The van der Waals surface area contributed by atoms with Gasteiger partial charge in [-0.05, 0) is 55.9 Å². The molecule has 0 spiro atoms. The van der Waals surface area contributed by atoms with Crippen LogP contribution in [0.5, 0.6) is 5.75 Å². The van der Waals surface area contributed by atoms with Gasteiger partial charge >= 0.3 is 0 Å². The predicted octanol–water partition coefficient (Wildman–Crippen LogP) is 4.02. The Morgan fingerprint density at radius 1 is 1.31 bits per heavy atom. The van der Waals surface area contributed by atoms with Crippen molar-refractivity contribution in [2.24, 2.45) is 11.0 Å². The van der Waals surface area contributed by atoms with Crippen LogP contribution in [0.3, 0.4) is 0 Å². The van der Waals surface area contributed by atoms with Gasteiger partial charge in [0.15, 0.2) is 5.84 Å². The van der Waals surface area contributed by atoms with Gasteiger partial charge in [-0.25, -0.2) is 0 Å². The van der Waals surface area contributed by atoms with Crippen molar-refractivity contribution in [1.29, 1.82) is 0 Å². The number of methoxy groups -OCH3 is 1. The molecular weight excluding hydrogens is 350 g/mol. The summed E-state index contributed by atoms with van der Waals surface area (Å²) < 4.78 is 5.25. The van der Waals surface area contributed by atoms with Gasteiger partial charge in [-0.2, -0.15) is 5.10 Å². The maximum absolute atomic E-state index is 13.4. The van der Waals surface area contributed by atoms with Crippen molar-refractivity contribution in [2.75, 3.05) is 7.11 Å². The number of amides is 1. The molecular formula is C20H24ClN3O2. The lowest BCUT2D eigenvalue weighted by atomic mass is 9.98. The van der Waals surface area contributed by atoms with Crippen LogP contribution in [0.15, 0.2) is 34.6 Å². The average Bonchev–Trinajstić information content (AvgIpc) is 3.38. The first-order valence-corrected chi connectivity index (χ1v) is 9.58. The van der Waals surface area contributed by atoms with E-state index in [0.717, 1.165) is 30.5 Å². The van der Waals surface area contributed by atoms with E-state index in [-0.39, 0.29) is 18.0 Å². The van der Waals surface area contributed by atoms with Gasteiger partial charge in [0.2, 0.25) is 0 Å². The molecule has 6 heteroatoms. The summed E-state index contributed by atoms with van der Waals surface area (Å²) in [5.41, 5.74) is 2.75. The highest BCUT2D eigenvalue weighted by molar-refractivity contribution is 6.35. The van der Waals surface area contributed by atoms with Crippen molar-refractivity contribution in [2.45, 2.75) is 52.1 Å². The van der Waals surface area contributed by atoms with Crippen LogP contribution in [0.1, 0.15) is 45.6 Å². The smallest absolute Gasteiger partial charge is 0.277 e. The molecule has 1 atom stereocenters. The minimum atomic E-state index is 0.0671. The van der Waals surface area contributed by atoms with Crippen molar-refractivity contribution < 1.29 is 9.53 Å². The fourth-order valence-electron chi connectivity index (χ4n) is 3.78. The molecule has 3 aliphatic rings. The third-order valence-corrected chi connectivity index (χ3v) is 5.66. The molecule has 0 aromatic heterocycles. The third-order valence-electron chi connectivity index (χ3n) is 5.34. The van der Waals surface area contributed by atoms with Gasteiger partial charge in [-0.1, -0.05) is 25.4 Å². The number of benzene rings is 1. The zero-order valence-corrected chi connectivity index (χ0v) is 16.4. The average molecular weight is 374 g/mol. The van der Waals surface area contributed by atoms with Gasteiger partial charge in [0, 0.05) is 11.6 Å². The normalized spacial score (nSPS) is 22.9. The van der Waals surface area contributed by atoms with Gasteiger partial charge in [0.25, 0.3) is 5.91 Å². The standard InChI is InChI=1S/C20H24ClN3O2/c1-11(2)16-9-12(3)24-18(16)20(25)23(13-5-6-13)19(22-24)15-8-7-14(26-4)10-17(15)21/h7-8,10-13H,5-6,9H2,1-4H3. The second-order valence-corrected chi connectivity index (χ2v) is 8.01. The number of rotatable bonds is 4. The van der Waals surface area contributed by atoms with E-state index in [1.165, 1.54) is 5.57 Å². The highest BCUT2D eigenvalue weighted by Crippen LogP contribution is 2.41. The maximum Gasteiger partial charge on any atom is 0.277 e. The molecule has 1 fully saturated rings. The molecule has 26 heavy (non-hydrogen) atoms. The van der Waals surface area contributed by atoms with E-state index in [9.17, 15) is 4.79 Å². The molecule has 0 N–H and O–H groups in total. The number of hydrazone groups is 1. The van der Waals surface area contributed by atoms with Crippen LogP contribution in [-0.4, -0.2) is 40.8 Å². The number of hydrogen-bond acceptors (Lipinski definition) is 4. The van der Waals surface area contributed by atoms with E-state index in [1.54, 1.807) is 13.2 Å². The van der Waals surface area contributed by atoms with Crippen LogP contribution >= 0.6 is 11.6 Å². The summed E-state index contributed by atoms with van der Waals surface area (Å²) in [5.74, 6) is 1.75. The number of nitrogens with zero attached hydrogens (tertiary/aromatic N) is 3. The number of hydrogen-bond donors (Lipinski definition) is 0. The van der Waals surface area contributed by atoms with Crippen molar-refractivity contribution >= 4 is 23.3 Å². The highest BCUT2D eigenvalue weighted by Gasteiger charge is 2.46. The Morgan fingerprint density at radius 2 is 2.04 bits per heavy atom. The Labute approximate surface area is 159 Å². The largest absolute Gasteiger partial charge is 0.497 e. The molecule has 1 amide bonds. The molecule has 0 saturated heterocycles. The molecule has 138 valence electrons. The number of carbonyl (C=O) groups is 1. The monoisotopic (exact) mass is 373 g/mol. The fraction of sp³-hybridized carbons (Fsp3) is 0.500. The summed E-state index contributed by atoms with van der Waals surface area (Å²) in [6.45, 7) is 6.41. The Morgan fingerprint density at radius 3 is 2.62 bits per heavy atom. The molecule has 0 radical (unpaired) electrons. The van der Waals surface area contributed by atoms with E-state index < -0.39 is 0 Å². The van der Waals surface area contributed by atoms with Gasteiger partial charge in [0.1, 0.15) is 11.4 Å². The van der Waals surface area contributed by atoms with Crippen LogP contribution in [0.25, 0.3) is 0 Å². The maximum atomic E-state index is 13.4. The van der Waals surface area contributed by atoms with Crippen LogP contribution in [0, 0.1) is 5.92 Å². The van der Waals surface area contributed by atoms with E-state index in [1.807, 2.05) is 22.0 Å². The molecule has 1 unspecified atom stereocenters. The van der Waals surface area contributed by atoms with E-state index >= 15 is 0 Å². The SMILES string of the molecule is COc1ccc(C2=NN3C(=C(C(C)C)CC3C)C(=O)N2C2CC2)c(Cl)c1. The first-order chi connectivity index (χ1) is 12.4. The number of halogens is 1. The second-order valence-electron chi connectivity index (χ2n) is 7.60. The van der Waals surface area contributed by atoms with E-state index in [2.05, 4.69) is 20.8 Å². The van der Waals surface area contributed by atoms with Gasteiger partial charge in [-0.15, -0.1) is 0 Å². The topological polar surface area (TPSA) is 45.1 Å². The molecule has 1 saturated carbocycles. The molecule has 0 bridgehead atoms. The molecule has 1 aliphatic carbocycles. The Hall–Kier alpha value is -2.01.